The van der Waals surface area contributed by atoms with E-state index in [-0.39, 0.29) is 11.1 Å². The molecule has 2 aromatic carbocycles. The molecule has 6 heteroatoms. The van der Waals surface area contributed by atoms with E-state index < -0.39 is 5.97 Å². The van der Waals surface area contributed by atoms with Crippen LogP contribution < -0.4 is 5.56 Å². The Hall–Kier alpha value is -3.80. The maximum atomic E-state index is 12.8. The average Bonchev–Trinajstić information content (AvgIpc) is 2.69. The van der Waals surface area contributed by atoms with E-state index >= 15 is 0 Å². The lowest BCUT2D eigenvalue weighted by Crippen LogP contribution is -2.22. The predicted octanol–water partition coefficient (Wildman–Crippen LogP) is 3.15. The van der Waals surface area contributed by atoms with Crippen LogP contribution in [-0.2, 0) is 0 Å². The quantitative estimate of drug-likeness (QED) is 0.618. The van der Waals surface area contributed by atoms with E-state index in [1.165, 1.54) is 16.8 Å². The predicted molar refractivity (Wildman–Crippen MR) is 97.5 cm³/mol. The Labute approximate surface area is 148 Å². The van der Waals surface area contributed by atoms with Gasteiger partial charge < -0.3 is 5.11 Å². The molecule has 0 saturated carbocycles. The molecule has 0 bridgehead atoms. The first-order valence-corrected chi connectivity index (χ1v) is 7.92. The summed E-state index contributed by atoms with van der Waals surface area (Å²) in [4.78, 5) is 28.2. The fourth-order valence-corrected chi connectivity index (χ4v) is 2.78. The fraction of sp³-hybridized carbons (Fsp3) is 0. The fourth-order valence-electron chi connectivity index (χ4n) is 2.78. The molecule has 0 saturated heterocycles. The van der Waals surface area contributed by atoms with Crippen LogP contribution in [-0.4, -0.2) is 25.8 Å². The van der Waals surface area contributed by atoms with E-state index in [1.54, 1.807) is 42.6 Å². The van der Waals surface area contributed by atoms with Crippen LogP contribution in [0.15, 0.2) is 77.7 Å². The number of hydrogen-bond acceptors (Lipinski definition) is 4. The van der Waals surface area contributed by atoms with Crippen molar-refractivity contribution in [3.05, 3.63) is 88.8 Å². The summed E-state index contributed by atoms with van der Waals surface area (Å²) in [5, 5.41) is 14.0. The molecule has 0 spiro atoms. The van der Waals surface area contributed by atoms with Crippen LogP contribution in [0, 0.1) is 0 Å². The standard InChI is InChI=1S/C20H13N3O3/c24-19-16-7-4-12-21-18(16)17(13-8-10-14(11-9-13)20(25)26)22-23(19)15-5-2-1-3-6-15/h1-12H,(H,25,26). The van der Waals surface area contributed by atoms with Gasteiger partial charge >= 0.3 is 5.97 Å². The number of para-hydroxylation sites is 1. The Kier molecular flexibility index (Phi) is 3.78. The molecule has 0 aliphatic rings. The van der Waals surface area contributed by atoms with Crippen LogP contribution in [0.5, 0.6) is 0 Å². The number of aromatic nitrogens is 3. The van der Waals surface area contributed by atoms with Crippen LogP contribution in [0.25, 0.3) is 27.8 Å². The summed E-state index contributed by atoms with van der Waals surface area (Å²) >= 11 is 0. The summed E-state index contributed by atoms with van der Waals surface area (Å²) in [5.41, 5.74) is 2.25. The van der Waals surface area contributed by atoms with Crippen molar-refractivity contribution in [3.8, 4) is 16.9 Å². The Balaban J connectivity index is 2.01. The monoisotopic (exact) mass is 343 g/mol. The first-order chi connectivity index (χ1) is 12.6. The smallest absolute Gasteiger partial charge is 0.335 e. The second-order valence-corrected chi connectivity index (χ2v) is 5.68. The van der Waals surface area contributed by atoms with Gasteiger partial charge in [-0.3, -0.25) is 9.78 Å². The number of fused-ring (bicyclic) bond motifs is 1. The molecular weight excluding hydrogens is 330 g/mol. The zero-order chi connectivity index (χ0) is 18.1. The molecule has 4 rings (SSSR count). The number of aromatic carboxylic acids is 1. The lowest BCUT2D eigenvalue weighted by molar-refractivity contribution is 0.0697. The SMILES string of the molecule is O=C(O)c1ccc(-c2nn(-c3ccccc3)c(=O)c3cccnc23)cc1. The third kappa shape index (κ3) is 2.63. The van der Waals surface area contributed by atoms with Crippen molar-refractivity contribution in [2.45, 2.75) is 0 Å². The number of carbonyl (C=O) groups is 1. The van der Waals surface area contributed by atoms with Crippen molar-refractivity contribution in [3.63, 3.8) is 0 Å². The molecule has 0 aliphatic carbocycles. The number of hydrogen-bond donors (Lipinski definition) is 1. The highest BCUT2D eigenvalue weighted by atomic mass is 16.4. The number of rotatable bonds is 3. The molecule has 1 N–H and O–H groups in total. The summed E-state index contributed by atoms with van der Waals surface area (Å²) in [7, 11) is 0. The molecule has 26 heavy (non-hydrogen) atoms. The van der Waals surface area contributed by atoms with Crippen molar-refractivity contribution in [1.29, 1.82) is 0 Å². The van der Waals surface area contributed by atoms with Crippen molar-refractivity contribution >= 4 is 16.9 Å². The van der Waals surface area contributed by atoms with Gasteiger partial charge in [-0.25, -0.2) is 4.79 Å². The molecule has 0 radical (unpaired) electrons. The Morgan fingerprint density at radius 2 is 1.65 bits per heavy atom. The normalized spacial score (nSPS) is 10.8. The first-order valence-electron chi connectivity index (χ1n) is 7.92. The van der Waals surface area contributed by atoms with Gasteiger partial charge in [0.2, 0.25) is 0 Å². The molecule has 2 heterocycles. The minimum atomic E-state index is -0.998. The molecule has 0 amide bonds. The summed E-state index contributed by atoms with van der Waals surface area (Å²) in [6.45, 7) is 0. The lowest BCUT2D eigenvalue weighted by atomic mass is 10.1. The second kappa shape index (κ2) is 6.25. The highest BCUT2D eigenvalue weighted by Crippen LogP contribution is 2.24. The summed E-state index contributed by atoms with van der Waals surface area (Å²) in [6, 6.07) is 18.9. The Morgan fingerprint density at radius 3 is 2.35 bits per heavy atom. The van der Waals surface area contributed by atoms with Crippen molar-refractivity contribution < 1.29 is 9.90 Å². The minimum Gasteiger partial charge on any atom is -0.478 e. The van der Waals surface area contributed by atoms with Gasteiger partial charge in [0.05, 0.1) is 16.6 Å². The molecule has 2 aromatic heterocycles. The van der Waals surface area contributed by atoms with E-state index in [0.29, 0.717) is 27.8 Å². The average molecular weight is 343 g/mol. The van der Waals surface area contributed by atoms with Crippen LogP contribution in [0.2, 0.25) is 0 Å². The summed E-state index contributed by atoms with van der Waals surface area (Å²) in [5.74, 6) is -0.998. The highest BCUT2D eigenvalue weighted by Gasteiger charge is 2.14. The zero-order valence-corrected chi connectivity index (χ0v) is 13.5. The van der Waals surface area contributed by atoms with E-state index in [4.69, 9.17) is 5.11 Å². The number of carboxylic acids is 1. The van der Waals surface area contributed by atoms with Crippen molar-refractivity contribution in [2.24, 2.45) is 0 Å². The lowest BCUT2D eigenvalue weighted by Gasteiger charge is -2.10. The molecular formula is C20H13N3O3. The van der Waals surface area contributed by atoms with Gasteiger partial charge in [-0.2, -0.15) is 9.78 Å². The van der Waals surface area contributed by atoms with Gasteiger partial charge in [0.25, 0.3) is 5.56 Å². The molecule has 0 fully saturated rings. The van der Waals surface area contributed by atoms with Gasteiger partial charge in [0, 0.05) is 11.8 Å². The summed E-state index contributed by atoms with van der Waals surface area (Å²) in [6.07, 6.45) is 1.60. The van der Waals surface area contributed by atoms with Gasteiger partial charge in [0.15, 0.2) is 0 Å². The number of nitrogens with zero attached hydrogens (tertiary/aromatic N) is 3. The van der Waals surface area contributed by atoms with Gasteiger partial charge in [-0.15, -0.1) is 0 Å². The topological polar surface area (TPSA) is 85.1 Å². The molecule has 0 aliphatic heterocycles. The second-order valence-electron chi connectivity index (χ2n) is 5.68. The molecule has 126 valence electrons. The van der Waals surface area contributed by atoms with Crippen LogP contribution in [0.4, 0.5) is 0 Å². The van der Waals surface area contributed by atoms with Crippen molar-refractivity contribution in [2.75, 3.05) is 0 Å². The maximum Gasteiger partial charge on any atom is 0.335 e. The Morgan fingerprint density at radius 1 is 0.923 bits per heavy atom. The number of carboxylic acid groups (broad SMARTS) is 1. The maximum absolute atomic E-state index is 12.8. The third-order valence-electron chi connectivity index (χ3n) is 4.06. The van der Waals surface area contributed by atoms with Crippen LogP contribution in [0.1, 0.15) is 10.4 Å². The van der Waals surface area contributed by atoms with Gasteiger partial charge in [-0.05, 0) is 36.4 Å². The molecule has 6 nitrogen and oxygen atoms in total. The van der Waals surface area contributed by atoms with Crippen LogP contribution in [0.3, 0.4) is 0 Å². The van der Waals surface area contributed by atoms with E-state index in [2.05, 4.69) is 10.1 Å². The number of pyridine rings is 1. The van der Waals surface area contributed by atoms with E-state index in [9.17, 15) is 9.59 Å². The molecule has 0 unspecified atom stereocenters. The number of benzene rings is 2. The molecule has 0 atom stereocenters. The largest absolute Gasteiger partial charge is 0.478 e. The van der Waals surface area contributed by atoms with E-state index in [1.807, 2.05) is 18.2 Å². The van der Waals surface area contributed by atoms with Crippen LogP contribution >= 0.6 is 0 Å². The molecule has 4 aromatic rings. The summed E-state index contributed by atoms with van der Waals surface area (Å²) < 4.78 is 1.34. The third-order valence-corrected chi connectivity index (χ3v) is 4.06. The zero-order valence-electron chi connectivity index (χ0n) is 13.5. The van der Waals surface area contributed by atoms with E-state index in [0.717, 1.165) is 0 Å². The van der Waals surface area contributed by atoms with Crippen molar-refractivity contribution in [1.82, 2.24) is 14.8 Å². The Bertz CT molecular complexity index is 1170. The first kappa shape index (κ1) is 15.7. The van der Waals surface area contributed by atoms with Gasteiger partial charge in [0.1, 0.15) is 11.2 Å². The van der Waals surface area contributed by atoms with Gasteiger partial charge in [-0.1, -0.05) is 30.3 Å². The minimum absolute atomic E-state index is 0.183. The highest BCUT2D eigenvalue weighted by molar-refractivity contribution is 5.92.